The molecule has 0 fully saturated rings. The van der Waals surface area contributed by atoms with E-state index < -0.39 is 0 Å². The molecule has 0 aromatic rings. The van der Waals surface area contributed by atoms with E-state index in [-0.39, 0.29) is 1.43 Å². The Kier molecular flexibility index (Phi) is 8.02. The van der Waals surface area contributed by atoms with Crippen molar-refractivity contribution in [3.8, 4) is 0 Å². The van der Waals surface area contributed by atoms with Gasteiger partial charge < -0.3 is 0 Å². The van der Waals surface area contributed by atoms with Gasteiger partial charge in [-0.2, -0.15) is 0 Å². The summed E-state index contributed by atoms with van der Waals surface area (Å²) in [5, 5.41) is 0. The Morgan fingerprint density at radius 1 is 1.17 bits per heavy atom. The summed E-state index contributed by atoms with van der Waals surface area (Å²) < 4.78 is 0. The van der Waals surface area contributed by atoms with Gasteiger partial charge in [0.05, 0.1) is 0 Å². The third-order valence-electron chi connectivity index (χ3n) is 4.40. The normalized spacial score (nSPS) is 20.4. The Balaban J connectivity index is 0.00000529. The first-order chi connectivity index (χ1) is 10.9. The summed E-state index contributed by atoms with van der Waals surface area (Å²) in [6.45, 7) is 14.1. The second-order valence-corrected chi connectivity index (χ2v) is 7.09. The molecule has 0 aromatic heterocycles. The first-order valence-electron chi connectivity index (χ1n) is 8.77. The van der Waals surface area contributed by atoms with Crippen molar-refractivity contribution in [1.29, 1.82) is 0 Å². The summed E-state index contributed by atoms with van der Waals surface area (Å²) in [7, 11) is 0. The number of nitrogens with zero attached hydrogens (tertiary/aromatic N) is 1. The molecule has 23 heavy (non-hydrogen) atoms. The van der Waals surface area contributed by atoms with Crippen LogP contribution >= 0.6 is 0 Å². The molecule has 0 amide bonds. The number of allylic oxidation sites excluding steroid dienone is 10. The first kappa shape index (κ1) is 19.4. The molecular formula is C22H34N+. The van der Waals surface area contributed by atoms with E-state index in [2.05, 4.69) is 70.0 Å². The summed E-state index contributed by atoms with van der Waals surface area (Å²) in [5.41, 5.74) is 5.87. The number of hydrogen-bond acceptors (Lipinski definition) is 1. The molecule has 126 valence electrons. The fourth-order valence-electron chi connectivity index (χ4n) is 2.96. The zero-order valence-corrected chi connectivity index (χ0v) is 15.8. The van der Waals surface area contributed by atoms with Crippen molar-refractivity contribution in [3.05, 3.63) is 58.7 Å². The van der Waals surface area contributed by atoms with Gasteiger partial charge in [-0.3, -0.25) is 4.99 Å². The largest absolute Gasteiger partial charge is 1.00 e. The average Bonchev–Trinajstić information content (AvgIpc) is 2.46. The summed E-state index contributed by atoms with van der Waals surface area (Å²) in [5.74, 6) is 0. The molecule has 0 radical (unpaired) electrons. The van der Waals surface area contributed by atoms with Crippen LogP contribution in [0.4, 0.5) is 0 Å². The highest BCUT2D eigenvalue weighted by Crippen LogP contribution is 2.40. The Morgan fingerprint density at radius 3 is 2.52 bits per heavy atom. The van der Waals surface area contributed by atoms with Crippen LogP contribution in [0, 0.1) is 5.41 Å². The quantitative estimate of drug-likeness (QED) is 0.381. The minimum Gasteiger partial charge on any atom is -0.293 e. The molecule has 0 bridgehead atoms. The van der Waals surface area contributed by atoms with E-state index in [9.17, 15) is 0 Å². The Hall–Kier alpha value is -1.63. The molecule has 1 aliphatic carbocycles. The van der Waals surface area contributed by atoms with Crippen LogP contribution in [0.3, 0.4) is 0 Å². The van der Waals surface area contributed by atoms with Crippen molar-refractivity contribution >= 4 is 6.21 Å². The van der Waals surface area contributed by atoms with Crippen molar-refractivity contribution in [1.82, 2.24) is 0 Å². The third-order valence-corrected chi connectivity index (χ3v) is 4.40. The molecule has 1 heteroatoms. The van der Waals surface area contributed by atoms with E-state index in [0.29, 0.717) is 5.41 Å². The number of hydrogen-bond donors (Lipinski definition) is 0. The zero-order valence-electron chi connectivity index (χ0n) is 16.8. The van der Waals surface area contributed by atoms with Gasteiger partial charge in [-0.25, -0.2) is 0 Å². The Labute approximate surface area is 144 Å². The highest BCUT2D eigenvalue weighted by atomic mass is 14.7. The third kappa shape index (κ3) is 6.99. The van der Waals surface area contributed by atoms with Crippen LogP contribution in [-0.4, -0.2) is 12.8 Å². The van der Waals surface area contributed by atoms with Gasteiger partial charge in [0, 0.05) is 12.8 Å². The molecule has 0 N–H and O–H groups in total. The maximum atomic E-state index is 4.19. The molecule has 0 saturated carbocycles. The summed E-state index contributed by atoms with van der Waals surface area (Å²) >= 11 is 0. The molecule has 1 aliphatic rings. The molecule has 0 aromatic carbocycles. The van der Waals surface area contributed by atoms with Crippen LogP contribution in [-0.2, 0) is 0 Å². The minimum absolute atomic E-state index is 0. The Morgan fingerprint density at radius 2 is 1.87 bits per heavy atom. The van der Waals surface area contributed by atoms with Gasteiger partial charge in [0.1, 0.15) is 0 Å². The lowest BCUT2D eigenvalue weighted by Crippen LogP contribution is -2.19. The molecule has 0 saturated heterocycles. The second-order valence-electron chi connectivity index (χ2n) is 7.09. The smallest absolute Gasteiger partial charge is 0.293 e. The predicted molar refractivity (Wildman–Crippen MR) is 106 cm³/mol. The molecule has 0 spiro atoms. The van der Waals surface area contributed by atoms with Gasteiger partial charge in [0.25, 0.3) is 0 Å². The predicted octanol–water partition coefficient (Wildman–Crippen LogP) is 6.72. The molecule has 0 heterocycles. The number of rotatable bonds is 6. The second kappa shape index (κ2) is 9.50. The highest BCUT2D eigenvalue weighted by molar-refractivity contribution is 5.72. The Bertz CT molecular complexity index is 569. The molecule has 0 unspecified atom stereocenters. The number of aliphatic imine (C=N–C) groups is 1. The average molecular weight is 313 g/mol. The van der Waals surface area contributed by atoms with E-state index in [4.69, 9.17) is 0 Å². The summed E-state index contributed by atoms with van der Waals surface area (Å²) in [6, 6.07) is 0. The lowest BCUT2D eigenvalue weighted by molar-refractivity contribution is 0.377. The van der Waals surface area contributed by atoms with Crippen molar-refractivity contribution in [2.75, 3.05) is 6.54 Å². The fraction of sp³-hybridized carbons (Fsp3) is 0.500. The molecular weight excluding hydrogens is 278 g/mol. The van der Waals surface area contributed by atoms with Crippen LogP contribution < -0.4 is 0 Å². The van der Waals surface area contributed by atoms with Gasteiger partial charge in [-0.15, -0.1) is 0 Å². The molecule has 0 atom stereocenters. The van der Waals surface area contributed by atoms with Gasteiger partial charge >= 0.3 is 1.43 Å². The molecule has 1 rings (SSSR count). The van der Waals surface area contributed by atoms with Crippen LogP contribution in [0.1, 0.15) is 62.2 Å². The van der Waals surface area contributed by atoms with Gasteiger partial charge in [0.15, 0.2) is 0 Å². The fourth-order valence-corrected chi connectivity index (χ4v) is 2.96. The van der Waals surface area contributed by atoms with Gasteiger partial charge in [-0.1, -0.05) is 55.4 Å². The van der Waals surface area contributed by atoms with Gasteiger partial charge in [0.2, 0.25) is 0 Å². The minimum atomic E-state index is 0. The van der Waals surface area contributed by atoms with E-state index in [1.54, 1.807) is 5.57 Å². The van der Waals surface area contributed by atoms with Crippen LogP contribution in [0.2, 0.25) is 0 Å². The summed E-state index contributed by atoms with van der Waals surface area (Å²) in [4.78, 5) is 4.19. The maximum Gasteiger partial charge on any atom is 1.00 e. The van der Waals surface area contributed by atoms with Crippen molar-refractivity contribution in [3.63, 3.8) is 0 Å². The summed E-state index contributed by atoms with van der Waals surface area (Å²) in [6.07, 6.45) is 18.7. The van der Waals surface area contributed by atoms with Crippen molar-refractivity contribution in [2.24, 2.45) is 10.4 Å². The maximum absolute atomic E-state index is 4.19. The van der Waals surface area contributed by atoms with E-state index in [1.165, 1.54) is 36.0 Å². The lowest BCUT2D eigenvalue weighted by Gasteiger charge is -2.32. The topological polar surface area (TPSA) is 12.4 Å². The monoisotopic (exact) mass is 312 g/mol. The van der Waals surface area contributed by atoms with Crippen molar-refractivity contribution in [2.45, 2.75) is 60.8 Å². The van der Waals surface area contributed by atoms with Crippen LogP contribution in [0.5, 0.6) is 0 Å². The zero-order chi connectivity index (χ0) is 17.3. The van der Waals surface area contributed by atoms with Crippen molar-refractivity contribution < 1.29 is 1.43 Å². The van der Waals surface area contributed by atoms with E-state index in [0.717, 1.165) is 6.54 Å². The highest BCUT2D eigenvalue weighted by Gasteiger charge is 2.26. The van der Waals surface area contributed by atoms with Crippen LogP contribution in [0.25, 0.3) is 0 Å². The molecule has 1 nitrogen and oxygen atoms in total. The SMILES string of the molecule is CCN=C/C=C(C)/C=C/C=C(C)/C=C/C1=C(C)CCCC1(C)C.[H+]. The lowest BCUT2D eigenvalue weighted by atomic mass is 9.72. The standard InChI is InChI=1S/C22H33N/c1-7-23-17-15-19(3)11-8-10-18(2)13-14-21-20(4)12-9-16-22(21,5)6/h8,10-11,13-15,17H,7,9,12,16H2,1-6H3/p+1/b11-8+,14-13+,18-10+,19-15+,23-17?. The van der Waals surface area contributed by atoms with Gasteiger partial charge in [-0.05, 0) is 69.6 Å². The first-order valence-corrected chi connectivity index (χ1v) is 8.77. The van der Waals surface area contributed by atoms with E-state index >= 15 is 0 Å². The van der Waals surface area contributed by atoms with E-state index in [1.807, 2.05) is 19.2 Å². The molecule has 0 aliphatic heterocycles. The van der Waals surface area contributed by atoms with Crippen LogP contribution in [0.15, 0.2) is 63.7 Å².